The van der Waals surface area contributed by atoms with E-state index in [-0.39, 0.29) is 0 Å². The first-order valence-corrected chi connectivity index (χ1v) is 5.02. The molecule has 64 valence electrons. The lowest BCUT2D eigenvalue weighted by atomic mass is 10.0. The van der Waals surface area contributed by atoms with Crippen LogP contribution in [0.4, 0.5) is 0 Å². The maximum atomic E-state index is 2.33. The summed E-state index contributed by atoms with van der Waals surface area (Å²) < 4.78 is 0. The summed E-state index contributed by atoms with van der Waals surface area (Å²) in [5, 5.41) is 0. The van der Waals surface area contributed by atoms with Gasteiger partial charge < -0.3 is 0 Å². The van der Waals surface area contributed by atoms with Crippen molar-refractivity contribution in [2.75, 3.05) is 0 Å². The van der Waals surface area contributed by atoms with Crippen molar-refractivity contribution in [3.05, 3.63) is 35.5 Å². The predicted octanol–water partition coefficient (Wildman–Crippen LogP) is 3.76. The van der Waals surface area contributed by atoms with E-state index in [1.807, 2.05) is 0 Å². The molecule has 12 heavy (non-hydrogen) atoms. The molecule has 2 aliphatic rings. The minimum absolute atomic E-state index is 1.12. The van der Waals surface area contributed by atoms with Gasteiger partial charge in [0.15, 0.2) is 0 Å². The van der Waals surface area contributed by atoms with Crippen molar-refractivity contribution in [1.29, 1.82) is 0 Å². The van der Waals surface area contributed by atoms with E-state index < -0.39 is 0 Å². The van der Waals surface area contributed by atoms with Gasteiger partial charge in [-0.05, 0) is 43.3 Å². The highest BCUT2D eigenvalue weighted by Crippen LogP contribution is 2.26. The highest BCUT2D eigenvalue weighted by Gasteiger charge is 2.07. The molecule has 0 heteroatoms. The minimum atomic E-state index is 1.12. The monoisotopic (exact) mass is 160 g/mol. The summed E-state index contributed by atoms with van der Waals surface area (Å²) in [7, 11) is 0. The molecule has 0 spiro atoms. The summed E-state index contributed by atoms with van der Waals surface area (Å²) >= 11 is 0. The van der Waals surface area contributed by atoms with Gasteiger partial charge in [-0.25, -0.2) is 0 Å². The maximum absolute atomic E-state index is 2.33. The highest BCUT2D eigenvalue weighted by molar-refractivity contribution is 5.36. The summed E-state index contributed by atoms with van der Waals surface area (Å²) in [4.78, 5) is 0. The second-order valence-electron chi connectivity index (χ2n) is 3.65. The molecule has 0 bridgehead atoms. The molecule has 0 unspecified atom stereocenters. The first kappa shape index (κ1) is 7.85. The number of rotatable bonds is 0. The summed E-state index contributed by atoms with van der Waals surface area (Å²) in [6.45, 7) is 0. The quantitative estimate of drug-likeness (QED) is 0.506. The molecule has 2 rings (SSSR count). The van der Waals surface area contributed by atoms with Gasteiger partial charge in [0.05, 0.1) is 0 Å². The smallest absolute Gasteiger partial charge is 0.0163 e. The van der Waals surface area contributed by atoms with Crippen molar-refractivity contribution in [3.63, 3.8) is 0 Å². The second kappa shape index (κ2) is 3.75. The summed E-state index contributed by atoms with van der Waals surface area (Å²) in [5.74, 6) is 0. The van der Waals surface area contributed by atoms with Crippen molar-refractivity contribution in [1.82, 2.24) is 0 Å². The van der Waals surface area contributed by atoms with Crippen molar-refractivity contribution >= 4 is 0 Å². The molecule has 0 aliphatic heterocycles. The second-order valence-corrected chi connectivity index (χ2v) is 3.65. The zero-order valence-electron chi connectivity index (χ0n) is 7.55. The van der Waals surface area contributed by atoms with Crippen LogP contribution >= 0.6 is 0 Å². The zero-order chi connectivity index (χ0) is 8.23. The third kappa shape index (κ3) is 1.69. The number of hydrogen-bond acceptors (Lipinski definition) is 0. The Morgan fingerprint density at radius 3 is 1.92 bits per heavy atom. The Kier molecular flexibility index (Phi) is 2.45. The molecule has 0 saturated carbocycles. The Morgan fingerprint density at radius 1 is 0.750 bits per heavy atom. The lowest BCUT2D eigenvalue weighted by Crippen LogP contribution is -1.82. The van der Waals surface area contributed by atoms with Gasteiger partial charge in [-0.2, -0.15) is 0 Å². The summed E-state index contributed by atoms with van der Waals surface area (Å²) in [5.41, 5.74) is 3.20. The molecule has 0 aromatic heterocycles. The van der Waals surface area contributed by atoms with Gasteiger partial charge in [0, 0.05) is 0 Å². The van der Waals surface area contributed by atoms with Crippen molar-refractivity contribution in [2.45, 2.75) is 38.5 Å². The fraction of sp³-hybridized carbons (Fsp3) is 0.500. The fourth-order valence-electron chi connectivity index (χ4n) is 2.01. The van der Waals surface area contributed by atoms with Crippen LogP contribution in [0.5, 0.6) is 0 Å². The number of hydrogen-bond donors (Lipinski definition) is 0. The fourth-order valence-corrected chi connectivity index (χ4v) is 2.01. The third-order valence-corrected chi connectivity index (χ3v) is 2.71. The lowest BCUT2D eigenvalue weighted by molar-refractivity contribution is 0.710. The van der Waals surface area contributed by atoms with Crippen LogP contribution in [0.25, 0.3) is 0 Å². The average molecular weight is 160 g/mol. The first-order valence-electron chi connectivity index (χ1n) is 5.02. The van der Waals surface area contributed by atoms with Crippen LogP contribution in [-0.2, 0) is 0 Å². The first-order chi connectivity index (χ1) is 5.97. The van der Waals surface area contributed by atoms with Gasteiger partial charge in [-0.1, -0.05) is 30.7 Å². The Bertz CT molecular complexity index is 217. The van der Waals surface area contributed by atoms with Gasteiger partial charge in [0.1, 0.15) is 0 Å². The molecule has 0 fully saturated rings. The standard InChI is InChI=1S/C12H16/c1-3-7-11-9-5-2-6-10-12(11)8-4-1/h3-4,7-8H,1-2,5-6,9-10H2. The predicted molar refractivity (Wildman–Crippen MR) is 53.0 cm³/mol. The van der Waals surface area contributed by atoms with E-state index in [0.717, 1.165) is 6.42 Å². The normalized spacial score (nSPS) is 23.3. The Balaban J connectivity index is 2.25. The van der Waals surface area contributed by atoms with E-state index in [1.165, 1.54) is 32.1 Å². The molecule has 0 aromatic carbocycles. The Labute approximate surface area is 74.7 Å². The average Bonchev–Trinajstić information content (AvgIpc) is 2.38. The van der Waals surface area contributed by atoms with Crippen molar-refractivity contribution in [3.8, 4) is 0 Å². The SMILES string of the molecule is C1=CC2=C(C=CC1)CCCCC2. The van der Waals surface area contributed by atoms with Crippen LogP contribution in [0.3, 0.4) is 0 Å². The molecule has 0 aromatic rings. The largest absolute Gasteiger partial charge is 0.0805 e. The molecule has 0 radical (unpaired) electrons. The maximum Gasteiger partial charge on any atom is -0.0163 e. The van der Waals surface area contributed by atoms with Gasteiger partial charge in [0.25, 0.3) is 0 Å². The van der Waals surface area contributed by atoms with Crippen LogP contribution in [0, 0.1) is 0 Å². The molecular formula is C12H16. The van der Waals surface area contributed by atoms with Gasteiger partial charge >= 0.3 is 0 Å². The molecule has 0 heterocycles. The van der Waals surface area contributed by atoms with Gasteiger partial charge in [0.2, 0.25) is 0 Å². The van der Waals surface area contributed by atoms with Gasteiger partial charge in [-0.3, -0.25) is 0 Å². The van der Waals surface area contributed by atoms with E-state index in [2.05, 4.69) is 24.3 Å². The van der Waals surface area contributed by atoms with E-state index in [1.54, 1.807) is 11.1 Å². The van der Waals surface area contributed by atoms with Gasteiger partial charge in [-0.15, -0.1) is 0 Å². The van der Waals surface area contributed by atoms with Crippen LogP contribution < -0.4 is 0 Å². The molecular weight excluding hydrogens is 144 g/mol. The summed E-state index contributed by atoms with van der Waals surface area (Å²) in [6, 6.07) is 0. The minimum Gasteiger partial charge on any atom is -0.0805 e. The topological polar surface area (TPSA) is 0 Å². The van der Waals surface area contributed by atoms with E-state index in [0.29, 0.717) is 0 Å². The van der Waals surface area contributed by atoms with Crippen LogP contribution in [0.1, 0.15) is 38.5 Å². The Morgan fingerprint density at radius 2 is 1.33 bits per heavy atom. The van der Waals surface area contributed by atoms with E-state index in [9.17, 15) is 0 Å². The molecule has 0 saturated heterocycles. The van der Waals surface area contributed by atoms with E-state index >= 15 is 0 Å². The molecule has 0 nitrogen and oxygen atoms in total. The molecule has 0 N–H and O–H groups in total. The molecule has 0 atom stereocenters. The van der Waals surface area contributed by atoms with Crippen LogP contribution in [0.2, 0.25) is 0 Å². The third-order valence-electron chi connectivity index (χ3n) is 2.71. The van der Waals surface area contributed by atoms with E-state index in [4.69, 9.17) is 0 Å². The van der Waals surface area contributed by atoms with Crippen LogP contribution in [-0.4, -0.2) is 0 Å². The Hall–Kier alpha value is -0.780. The van der Waals surface area contributed by atoms with Crippen LogP contribution in [0.15, 0.2) is 35.5 Å². The van der Waals surface area contributed by atoms with Crippen molar-refractivity contribution < 1.29 is 0 Å². The molecule has 0 amide bonds. The lowest BCUT2D eigenvalue weighted by Gasteiger charge is -2.02. The highest BCUT2D eigenvalue weighted by atomic mass is 14.1. The molecule has 2 aliphatic carbocycles. The van der Waals surface area contributed by atoms with Crippen molar-refractivity contribution in [2.24, 2.45) is 0 Å². The number of allylic oxidation sites excluding steroid dienone is 6. The zero-order valence-corrected chi connectivity index (χ0v) is 7.55. The summed E-state index contributed by atoms with van der Waals surface area (Å²) in [6.07, 6.45) is 17.1.